The van der Waals surface area contributed by atoms with E-state index in [9.17, 15) is 14.7 Å². The van der Waals surface area contributed by atoms with Gasteiger partial charge in [0.25, 0.3) is 0 Å². The fourth-order valence-corrected chi connectivity index (χ4v) is 2.22. The molecule has 3 N–H and O–H groups in total. The third-order valence-corrected chi connectivity index (χ3v) is 3.50. The monoisotopic (exact) mass is 352 g/mol. The van der Waals surface area contributed by atoms with Crippen molar-refractivity contribution in [3.8, 4) is 5.75 Å². The molecule has 0 aliphatic carbocycles. The first kappa shape index (κ1) is 19.7. The lowest BCUT2D eigenvalue weighted by Gasteiger charge is -2.14. The van der Waals surface area contributed by atoms with Gasteiger partial charge in [-0.1, -0.05) is 30.3 Å². The molecule has 7 heteroatoms. The van der Waals surface area contributed by atoms with E-state index in [-0.39, 0.29) is 24.8 Å². The van der Waals surface area contributed by atoms with Gasteiger partial charge in [0.2, 0.25) is 5.43 Å². The Morgan fingerprint density at radius 1 is 1.33 bits per heavy atom. The molecule has 0 unspecified atom stereocenters. The number of aryl methyl sites for hydroxylation is 1. The maximum Gasteiger partial charge on any atom is 0.323 e. The summed E-state index contributed by atoms with van der Waals surface area (Å²) in [6.07, 6.45) is 1.71. The zero-order valence-electron chi connectivity index (χ0n) is 13.3. The molecule has 0 saturated heterocycles. The van der Waals surface area contributed by atoms with Gasteiger partial charge in [0, 0.05) is 12.6 Å². The van der Waals surface area contributed by atoms with Crippen LogP contribution in [0.4, 0.5) is 0 Å². The number of nitrogens with two attached hydrogens (primary N) is 1. The van der Waals surface area contributed by atoms with Crippen LogP contribution in [-0.2, 0) is 29.1 Å². The van der Waals surface area contributed by atoms with Crippen molar-refractivity contribution >= 4 is 18.4 Å². The molecule has 2 aromatic rings. The molecule has 1 aromatic heterocycles. The smallest absolute Gasteiger partial charge is 0.323 e. The summed E-state index contributed by atoms with van der Waals surface area (Å²) < 4.78 is 6.84. The second kappa shape index (κ2) is 9.10. The van der Waals surface area contributed by atoms with E-state index in [2.05, 4.69) is 0 Å². The predicted molar refractivity (Wildman–Crippen MR) is 93.2 cm³/mol. The van der Waals surface area contributed by atoms with Crippen molar-refractivity contribution < 1.29 is 14.6 Å². The van der Waals surface area contributed by atoms with E-state index in [4.69, 9.17) is 10.5 Å². The Balaban J connectivity index is 0.00000288. The third-order valence-electron chi connectivity index (χ3n) is 3.50. The van der Waals surface area contributed by atoms with E-state index in [1.807, 2.05) is 37.3 Å². The number of pyridine rings is 1. The van der Waals surface area contributed by atoms with Gasteiger partial charge in [0.05, 0.1) is 11.9 Å². The van der Waals surface area contributed by atoms with Crippen molar-refractivity contribution in [2.75, 3.05) is 0 Å². The Morgan fingerprint density at radius 2 is 2.00 bits per heavy atom. The molecule has 24 heavy (non-hydrogen) atoms. The van der Waals surface area contributed by atoms with Gasteiger partial charge in [0.1, 0.15) is 12.6 Å². The van der Waals surface area contributed by atoms with Crippen LogP contribution in [0.2, 0.25) is 0 Å². The van der Waals surface area contributed by atoms with Gasteiger partial charge < -0.3 is 20.1 Å². The number of rotatable bonds is 6. The first-order valence-electron chi connectivity index (χ1n) is 7.39. The lowest BCUT2D eigenvalue weighted by atomic mass is 10.1. The summed E-state index contributed by atoms with van der Waals surface area (Å²) in [6.45, 7) is 2.33. The van der Waals surface area contributed by atoms with Crippen LogP contribution in [0.1, 0.15) is 18.2 Å². The number of ether oxygens (including phenoxy) is 1. The second-order valence-electron chi connectivity index (χ2n) is 5.20. The van der Waals surface area contributed by atoms with E-state index in [0.29, 0.717) is 18.7 Å². The Morgan fingerprint density at radius 3 is 2.62 bits per heavy atom. The summed E-state index contributed by atoms with van der Waals surface area (Å²) in [5.41, 5.74) is 6.81. The highest BCUT2D eigenvalue weighted by Gasteiger charge is 2.16. The number of carbonyl (C=O) groups is 1. The minimum atomic E-state index is -0.767. The van der Waals surface area contributed by atoms with Gasteiger partial charge in [-0.15, -0.1) is 12.4 Å². The summed E-state index contributed by atoms with van der Waals surface area (Å²) in [6, 6.07) is 9.92. The maximum absolute atomic E-state index is 12.0. The van der Waals surface area contributed by atoms with Gasteiger partial charge in [-0.05, 0) is 18.9 Å². The molecule has 0 bridgehead atoms. The largest absolute Gasteiger partial charge is 0.503 e. The van der Waals surface area contributed by atoms with E-state index in [1.165, 1.54) is 12.3 Å². The number of nitrogens with zero attached hydrogens (tertiary/aromatic N) is 1. The number of aromatic nitrogens is 1. The average Bonchev–Trinajstić information content (AvgIpc) is 2.56. The number of halogens is 1. The lowest BCUT2D eigenvalue weighted by molar-refractivity contribution is -0.146. The minimum absolute atomic E-state index is 0. The van der Waals surface area contributed by atoms with Crippen molar-refractivity contribution in [3.05, 3.63) is 64.1 Å². The molecule has 0 spiro atoms. The van der Waals surface area contributed by atoms with Crippen LogP contribution in [-0.4, -0.2) is 21.7 Å². The van der Waals surface area contributed by atoms with Crippen LogP contribution in [0.15, 0.2) is 47.4 Å². The molecule has 0 fully saturated rings. The molecule has 0 aliphatic rings. The Kier molecular flexibility index (Phi) is 7.48. The molecule has 0 saturated carbocycles. The van der Waals surface area contributed by atoms with Gasteiger partial charge in [0.15, 0.2) is 5.75 Å². The average molecular weight is 353 g/mol. The summed E-state index contributed by atoms with van der Waals surface area (Å²) in [5, 5.41) is 9.42. The number of benzene rings is 1. The summed E-state index contributed by atoms with van der Waals surface area (Å²) in [5.74, 6) is -0.861. The van der Waals surface area contributed by atoms with Gasteiger partial charge in [-0.2, -0.15) is 0 Å². The van der Waals surface area contributed by atoms with Crippen LogP contribution in [0, 0.1) is 0 Å². The van der Waals surface area contributed by atoms with Gasteiger partial charge in [-0.25, -0.2) is 0 Å². The van der Waals surface area contributed by atoms with Crippen LogP contribution < -0.4 is 11.2 Å². The SMILES string of the molecule is CCn1cc(O)c(=O)cc1COC(=O)[C@@H](N)Cc1ccccc1.Cl. The van der Waals surface area contributed by atoms with E-state index in [0.717, 1.165) is 5.56 Å². The number of esters is 1. The lowest BCUT2D eigenvalue weighted by Crippen LogP contribution is -2.34. The quantitative estimate of drug-likeness (QED) is 0.770. The molecule has 1 heterocycles. The zero-order chi connectivity index (χ0) is 16.8. The summed E-state index contributed by atoms with van der Waals surface area (Å²) in [4.78, 5) is 23.5. The Bertz CT molecular complexity index is 731. The number of hydrogen-bond acceptors (Lipinski definition) is 5. The Hall–Kier alpha value is -2.31. The molecule has 1 atom stereocenters. The molecule has 6 nitrogen and oxygen atoms in total. The topological polar surface area (TPSA) is 94.5 Å². The van der Waals surface area contributed by atoms with Crippen LogP contribution in [0.3, 0.4) is 0 Å². The second-order valence-corrected chi connectivity index (χ2v) is 5.20. The summed E-state index contributed by atoms with van der Waals surface area (Å²) >= 11 is 0. The van der Waals surface area contributed by atoms with Gasteiger partial charge in [-0.3, -0.25) is 9.59 Å². The first-order valence-corrected chi connectivity index (χ1v) is 7.39. The maximum atomic E-state index is 12.0. The third kappa shape index (κ3) is 5.11. The van der Waals surface area contributed by atoms with Crippen molar-refractivity contribution in [3.63, 3.8) is 0 Å². The predicted octanol–water partition coefficient (Wildman–Crippen LogP) is 1.61. The standard InChI is InChI=1S/C17H20N2O4.ClH/c1-2-19-10-16(21)15(20)9-13(19)11-23-17(22)14(18)8-12-6-4-3-5-7-12;/h3-7,9-10,14,21H,2,8,11,18H2,1H3;1H/t14-;/m0./s1. The van der Waals surface area contributed by atoms with Crippen molar-refractivity contribution in [2.24, 2.45) is 5.73 Å². The van der Waals surface area contributed by atoms with Crippen molar-refractivity contribution in [2.45, 2.75) is 32.5 Å². The first-order chi connectivity index (χ1) is 11.0. The van der Waals surface area contributed by atoms with Crippen LogP contribution in [0.25, 0.3) is 0 Å². The van der Waals surface area contributed by atoms with Gasteiger partial charge >= 0.3 is 5.97 Å². The molecule has 2 rings (SSSR count). The summed E-state index contributed by atoms with van der Waals surface area (Å²) in [7, 11) is 0. The van der Waals surface area contributed by atoms with E-state index < -0.39 is 17.4 Å². The highest BCUT2D eigenvalue weighted by atomic mass is 35.5. The fourth-order valence-electron chi connectivity index (χ4n) is 2.22. The molecule has 0 aliphatic heterocycles. The van der Waals surface area contributed by atoms with Crippen molar-refractivity contribution in [1.29, 1.82) is 0 Å². The normalized spacial score (nSPS) is 11.4. The zero-order valence-corrected chi connectivity index (χ0v) is 14.2. The molecule has 0 radical (unpaired) electrons. The molecular formula is C17H21ClN2O4. The number of hydrogen-bond donors (Lipinski definition) is 2. The molecule has 130 valence electrons. The molecule has 1 aromatic carbocycles. The Labute approximate surface area is 146 Å². The molecular weight excluding hydrogens is 332 g/mol. The fraction of sp³-hybridized carbons (Fsp3) is 0.294. The van der Waals surface area contributed by atoms with Crippen LogP contribution >= 0.6 is 12.4 Å². The minimum Gasteiger partial charge on any atom is -0.503 e. The highest BCUT2D eigenvalue weighted by molar-refractivity contribution is 5.85. The number of carbonyl (C=O) groups excluding carboxylic acids is 1. The number of aromatic hydroxyl groups is 1. The molecule has 0 amide bonds. The highest BCUT2D eigenvalue weighted by Crippen LogP contribution is 2.08. The van der Waals surface area contributed by atoms with Crippen LogP contribution in [0.5, 0.6) is 5.75 Å². The van der Waals surface area contributed by atoms with E-state index >= 15 is 0 Å². The van der Waals surface area contributed by atoms with Crippen molar-refractivity contribution in [1.82, 2.24) is 4.57 Å². The van der Waals surface area contributed by atoms with E-state index in [1.54, 1.807) is 4.57 Å².